The molecular weight excluding hydrogens is 170 g/mol. The standard InChI is InChI=1S/C13H19N/c1-2-7-4-8-9-5-10(12(7)14-3-1)13(9)6-11(8)13/h7-12,14H,1-6H2. The third-order valence-electron chi connectivity index (χ3n) is 6.67. The molecule has 14 heavy (non-hydrogen) atoms. The van der Waals surface area contributed by atoms with Crippen LogP contribution in [0.4, 0.5) is 0 Å². The van der Waals surface area contributed by atoms with E-state index in [4.69, 9.17) is 0 Å². The molecule has 0 amide bonds. The van der Waals surface area contributed by atoms with E-state index in [1.807, 2.05) is 0 Å². The minimum absolute atomic E-state index is 0.953. The van der Waals surface area contributed by atoms with Crippen LogP contribution in [0.25, 0.3) is 0 Å². The van der Waals surface area contributed by atoms with Gasteiger partial charge in [-0.25, -0.2) is 0 Å². The zero-order chi connectivity index (χ0) is 8.91. The molecule has 6 rings (SSSR count). The topological polar surface area (TPSA) is 12.0 Å². The van der Waals surface area contributed by atoms with Gasteiger partial charge in [-0.15, -0.1) is 0 Å². The fourth-order valence-corrected chi connectivity index (χ4v) is 6.16. The Hall–Kier alpha value is -0.0400. The Morgan fingerprint density at radius 3 is 3.00 bits per heavy atom. The van der Waals surface area contributed by atoms with Gasteiger partial charge in [0.25, 0.3) is 0 Å². The van der Waals surface area contributed by atoms with Gasteiger partial charge in [-0.1, -0.05) is 0 Å². The van der Waals surface area contributed by atoms with Crippen LogP contribution >= 0.6 is 0 Å². The molecule has 7 atom stereocenters. The smallest absolute Gasteiger partial charge is 0.0129 e. The van der Waals surface area contributed by atoms with Crippen LogP contribution in [-0.2, 0) is 0 Å². The average Bonchev–Trinajstić information content (AvgIpc) is 2.96. The van der Waals surface area contributed by atoms with Crippen LogP contribution in [0.3, 0.4) is 0 Å². The summed E-state index contributed by atoms with van der Waals surface area (Å²) in [4.78, 5) is 0. The monoisotopic (exact) mass is 189 g/mol. The highest BCUT2D eigenvalue weighted by molar-refractivity contribution is 5.32. The van der Waals surface area contributed by atoms with Crippen LogP contribution in [-0.4, -0.2) is 12.6 Å². The van der Waals surface area contributed by atoms with Crippen molar-refractivity contribution < 1.29 is 0 Å². The number of piperidine rings is 1. The molecule has 0 aromatic heterocycles. The molecule has 1 nitrogen and oxygen atoms in total. The van der Waals surface area contributed by atoms with E-state index < -0.39 is 0 Å². The fraction of sp³-hybridized carbons (Fsp3) is 1.00. The third-order valence-corrected chi connectivity index (χ3v) is 6.67. The van der Waals surface area contributed by atoms with Gasteiger partial charge in [0.05, 0.1) is 0 Å². The van der Waals surface area contributed by atoms with E-state index in [0.717, 1.165) is 23.3 Å². The van der Waals surface area contributed by atoms with Gasteiger partial charge >= 0.3 is 0 Å². The predicted octanol–water partition coefficient (Wildman–Crippen LogP) is 2.03. The van der Waals surface area contributed by atoms with Crippen molar-refractivity contribution in [2.45, 2.75) is 38.1 Å². The van der Waals surface area contributed by atoms with Crippen LogP contribution in [0.1, 0.15) is 32.1 Å². The summed E-state index contributed by atoms with van der Waals surface area (Å²) >= 11 is 0. The zero-order valence-corrected chi connectivity index (χ0v) is 8.71. The lowest BCUT2D eigenvalue weighted by atomic mass is 9.47. The van der Waals surface area contributed by atoms with Crippen molar-refractivity contribution in [3.05, 3.63) is 0 Å². The summed E-state index contributed by atoms with van der Waals surface area (Å²) in [6, 6.07) is 0.956. The summed E-state index contributed by atoms with van der Waals surface area (Å²) in [7, 11) is 0. The molecule has 1 aliphatic heterocycles. The van der Waals surface area contributed by atoms with Gasteiger partial charge in [-0.3, -0.25) is 0 Å². The SMILES string of the molecule is C1CNC2C(C1)CC1C3CC2C32CC12. The first kappa shape index (κ1) is 7.27. The highest BCUT2D eigenvalue weighted by Gasteiger charge is 2.83. The number of hydrogen-bond donors (Lipinski definition) is 1. The summed E-state index contributed by atoms with van der Waals surface area (Å²) in [5.41, 5.74) is 0.953. The van der Waals surface area contributed by atoms with Crippen LogP contribution in [0.2, 0.25) is 0 Å². The summed E-state index contributed by atoms with van der Waals surface area (Å²) in [6.45, 7) is 1.31. The van der Waals surface area contributed by atoms with Crippen LogP contribution < -0.4 is 5.32 Å². The normalized spacial score (nSPS) is 72.0. The first-order valence-electron chi connectivity index (χ1n) is 6.64. The lowest BCUT2D eigenvalue weighted by Crippen LogP contribution is -2.58. The Kier molecular flexibility index (Phi) is 1.00. The molecule has 0 aromatic rings. The first-order chi connectivity index (χ1) is 6.91. The van der Waals surface area contributed by atoms with Gasteiger partial charge in [0, 0.05) is 6.04 Å². The second-order valence-corrected chi connectivity index (χ2v) is 6.65. The molecule has 1 heterocycles. The molecule has 1 heteroatoms. The highest BCUT2D eigenvalue weighted by Crippen LogP contribution is 2.88. The maximum absolute atomic E-state index is 3.86. The zero-order valence-electron chi connectivity index (χ0n) is 8.71. The van der Waals surface area contributed by atoms with Crippen LogP contribution in [0.5, 0.6) is 0 Å². The molecule has 0 radical (unpaired) electrons. The van der Waals surface area contributed by atoms with Crippen molar-refractivity contribution in [2.24, 2.45) is 35.0 Å². The summed E-state index contributed by atoms with van der Waals surface area (Å²) in [5, 5.41) is 3.86. The van der Waals surface area contributed by atoms with E-state index in [1.165, 1.54) is 30.7 Å². The summed E-state index contributed by atoms with van der Waals surface area (Å²) < 4.78 is 0. The van der Waals surface area contributed by atoms with Gasteiger partial charge < -0.3 is 5.32 Å². The molecule has 5 aliphatic carbocycles. The van der Waals surface area contributed by atoms with Crippen molar-refractivity contribution in [1.29, 1.82) is 0 Å². The second kappa shape index (κ2) is 1.93. The van der Waals surface area contributed by atoms with Crippen LogP contribution in [0.15, 0.2) is 0 Å². The number of rotatable bonds is 0. The van der Waals surface area contributed by atoms with Gasteiger partial charge in [0.15, 0.2) is 0 Å². The Labute approximate surface area is 85.6 Å². The molecule has 6 aliphatic rings. The van der Waals surface area contributed by atoms with E-state index >= 15 is 0 Å². The molecule has 1 N–H and O–H groups in total. The molecule has 1 spiro atoms. The minimum Gasteiger partial charge on any atom is -0.313 e. The van der Waals surface area contributed by atoms with Gasteiger partial charge in [-0.2, -0.15) is 0 Å². The van der Waals surface area contributed by atoms with Crippen molar-refractivity contribution in [3.8, 4) is 0 Å². The Balaban J connectivity index is 1.59. The Morgan fingerprint density at radius 1 is 1.07 bits per heavy atom. The Bertz CT molecular complexity index is 312. The van der Waals surface area contributed by atoms with Gasteiger partial charge in [0.2, 0.25) is 0 Å². The van der Waals surface area contributed by atoms with E-state index in [0.29, 0.717) is 0 Å². The quantitative estimate of drug-likeness (QED) is 0.615. The van der Waals surface area contributed by atoms with Gasteiger partial charge in [-0.05, 0) is 73.7 Å². The molecule has 5 saturated carbocycles. The van der Waals surface area contributed by atoms with E-state index in [1.54, 1.807) is 25.7 Å². The lowest BCUT2D eigenvalue weighted by Gasteiger charge is -2.58. The molecular formula is C13H19N. The van der Waals surface area contributed by atoms with Crippen molar-refractivity contribution in [2.75, 3.05) is 6.54 Å². The predicted molar refractivity (Wildman–Crippen MR) is 54.8 cm³/mol. The first-order valence-corrected chi connectivity index (χ1v) is 6.64. The molecule has 6 fully saturated rings. The second-order valence-electron chi connectivity index (χ2n) is 6.65. The maximum Gasteiger partial charge on any atom is 0.0129 e. The van der Waals surface area contributed by atoms with Crippen molar-refractivity contribution >= 4 is 0 Å². The molecule has 4 bridgehead atoms. The molecule has 76 valence electrons. The van der Waals surface area contributed by atoms with Crippen molar-refractivity contribution in [1.82, 2.24) is 5.32 Å². The third kappa shape index (κ3) is 0.532. The maximum atomic E-state index is 3.86. The van der Waals surface area contributed by atoms with E-state index in [-0.39, 0.29) is 0 Å². The van der Waals surface area contributed by atoms with E-state index in [9.17, 15) is 0 Å². The van der Waals surface area contributed by atoms with E-state index in [2.05, 4.69) is 5.32 Å². The van der Waals surface area contributed by atoms with Crippen LogP contribution in [0, 0.1) is 35.0 Å². The van der Waals surface area contributed by atoms with Gasteiger partial charge in [0.1, 0.15) is 0 Å². The van der Waals surface area contributed by atoms with Crippen molar-refractivity contribution in [3.63, 3.8) is 0 Å². The minimum atomic E-state index is 0.953. The average molecular weight is 189 g/mol. The largest absolute Gasteiger partial charge is 0.313 e. The molecule has 1 saturated heterocycles. The Morgan fingerprint density at radius 2 is 2.07 bits per heavy atom. The summed E-state index contributed by atoms with van der Waals surface area (Å²) in [6.07, 6.45) is 7.83. The molecule has 0 aromatic carbocycles. The number of nitrogens with one attached hydrogen (secondary N) is 1. The molecule has 7 unspecified atom stereocenters. The summed E-state index contributed by atoms with van der Waals surface area (Å²) in [5.74, 6) is 5.84. The number of hydrogen-bond acceptors (Lipinski definition) is 1. The lowest BCUT2D eigenvalue weighted by molar-refractivity contribution is -0.0963. The highest BCUT2D eigenvalue weighted by atomic mass is 15.0. The fourth-order valence-electron chi connectivity index (χ4n) is 6.16.